The fourth-order valence-corrected chi connectivity index (χ4v) is 2.81. The number of aromatic nitrogens is 1. The molecule has 0 spiro atoms. The first-order valence-corrected chi connectivity index (χ1v) is 7.32. The van der Waals surface area contributed by atoms with Crippen LogP contribution in [0.5, 0.6) is 5.75 Å². The summed E-state index contributed by atoms with van der Waals surface area (Å²) in [7, 11) is 1.66. The molecule has 4 heteroatoms. The molecular formula is C17H13BrN2O. The summed E-state index contributed by atoms with van der Waals surface area (Å²) in [5.74, 6) is 0.836. The summed E-state index contributed by atoms with van der Waals surface area (Å²) >= 11 is 3.58. The van der Waals surface area contributed by atoms with Crippen LogP contribution in [0.1, 0.15) is 11.1 Å². The van der Waals surface area contributed by atoms with Gasteiger partial charge in [0.05, 0.1) is 18.7 Å². The minimum absolute atomic E-state index is 0.705. The number of nitrogens with zero attached hydrogens (tertiary/aromatic N) is 2. The number of ether oxygens (including phenoxy) is 1. The van der Waals surface area contributed by atoms with Gasteiger partial charge < -0.3 is 9.30 Å². The summed E-state index contributed by atoms with van der Waals surface area (Å²) in [6, 6.07) is 15.9. The van der Waals surface area contributed by atoms with Crippen LogP contribution in [-0.4, -0.2) is 11.7 Å². The molecule has 1 heterocycles. The molecule has 3 nitrogen and oxygen atoms in total. The summed E-state index contributed by atoms with van der Waals surface area (Å²) in [6.07, 6.45) is 2.01. The third-order valence-electron chi connectivity index (χ3n) is 3.53. The van der Waals surface area contributed by atoms with E-state index in [-0.39, 0.29) is 0 Å². The van der Waals surface area contributed by atoms with Gasteiger partial charge in [-0.1, -0.05) is 22.0 Å². The van der Waals surface area contributed by atoms with E-state index in [1.807, 2.05) is 48.7 Å². The highest BCUT2D eigenvalue weighted by Gasteiger charge is 2.08. The lowest BCUT2D eigenvalue weighted by molar-refractivity contribution is 0.414. The molecule has 3 aromatic rings. The molecule has 0 aliphatic carbocycles. The summed E-state index contributed by atoms with van der Waals surface area (Å²) < 4.78 is 8.46. The maximum absolute atomic E-state index is 9.16. The number of hydrogen-bond donors (Lipinski definition) is 0. The van der Waals surface area contributed by atoms with Crippen LogP contribution in [0.2, 0.25) is 0 Å². The highest BCUT2D eigenvalue weighted by Crippen LogP contribution is 2.26. The van der Waals surface area contributed by atoms with E-state index >= 15 is 0 Å². The molecule has 0 radical (unpaired) electrons. The van der Waals surface area contributed by atoms with Crippen molar-refractivity contribution in [3.63, 3.8) is 0 Å². The van der Waals surface area contributed by atoms with Crippen molar-refractivity contribution in [1.29, 1.82) is 5.26 Å². The van der Waals surface area contributed by atoms with Crippen LogP contribution in [0, 0.1) is 11.3 Å². The first-order chi connectivity index (χ1) is 10.2. The molecule has 0 atom stereocenters. The average molecular weight is 341 g/mol. The topological polar surface area (TPSA) is 38.0 Å². The third kappa shape index (κ3) is 2.53. The Morgan fingerprint density at radius 3 is 2.86 bits per heavy atom. The average Bonchev–Trinajstić information content (AvgIpc) is 2.92. The molecule has 104 valence electrons. The first kappa shape index (κ1) is 13.7. The zero-order valence-electron chi connectivity index (χ0n) is 11.5. The summed E-state index contributed by atoms with van der Waals surface area (Å²) in [5.41, 5.74) is 2.90. The van der Waals surface area contributed by atoms with Crippen LogP contribution >= 0.6 is 15.9 Å². The minimum Gasteiger partial charge on any atom is -0.497 e. The lowest BCUT2D eigenvalue weighted by atomic mass is 10.1. The lowest BCUT2D eigenvalue weighted by Crippen LogP contribution is -1.99. The van der Waals surface area contributed by atoms with Crippen molar-refractivity contribution in [2.75, 3.05) is 7.11 Å². The second kappa shape index (κ2) is 5.63. The van der Waals surface area contributed by atoms with E-state index in [9.17, 15) is 0 Å². The largest absolute Gasteiger partial charge is 0.497 e. The monoisotopic (exact) mass is 340 g/mol. The molecule has 0 bridgehead atoms. The maximum Gasteiger partial charge on any atom is 0.119 e. The molecule has 21 heavy (non-hydrogen) atoms. The van der Waals surface area contributed by atoms with Gasteiger partial charge in [0.1, 0.15) is 5.75 Å². The second-order valence-electron chi connectivity index (χ2n) is 4.75. The first-order valence-electron chi connectivity index (χ1n) is 6.53. The Hall–Kier alpha value is -2.25. The van der Waals surface area contributed by atoms with Crippen molar-refractivity contribution in [2.24, 2.45) is 0 Å². The Kier molecular flexibility index (Phi) is 3.68. The van der Waals surface area contributed by atoms with Crippen molar-refractivity contribution in [2.45, 2.75) is 6.54 Å². The van der Waals surface area contributed by atoms with Gasteiger partial charge in [-0.05, 0) is 42.0 Å². The van der Waals surface area contributed by atoms with Crippen LogP contribution in [0.15, 0.2) is 53.1 Å². The molecule has 1 aromatic heterocycles. The minimum atomic E-state index is 0.705. The van der Waals surface area contributed by atoms with Gasteiger partial charge in [0.25, 0.3) is 0 Å². The fraction of sp³-hybridized carbons (Fsp3) is 0.118. The normalized spacial score (nSPS) is 10.5. The van der Waals surface area contributed by atoms with Crippen LogP contribution in [0.25, 0.3) is 10.9 Å². The van der Waals surface area contributed by atoms with Crippen LogP contribution < -0.4 is 4.74 Å². The highest BCUT2D eigenvalue weighted by molar-refractivity contribution is 9.10. The van der Waals surface area contributed by atoms with E-state index in [1.54, 1.807) is 7.11 Å². The third-order valence-corrected chi connectivity index (χ3v) is 4.30. The van der Waals surface area contributed by atoms with Crippen molar-refractivity contribution in [3.8, 4) is 11.8 Å². The quantitative estimate of drug-likeness (QED) is 0.711. The number of halogens is 1. The van der Waals surface area contributed by atoms with Crippen molar-refractivity contribution >= 4 is 26.8 Å². The van der Waals surface area contributed by atoms with Gasteiger partial charge in [-0.2, -0.15) is 5.26 Å². The Morgan fingerprint density at radius 1 is 1.24 bits per heavy atom. The Labute approximate surface area is 131 Å². The number of methoxy groups -OCH3 is 1. The molecule has 0 unspecified atom stereocenters. The predicted octanol–water partition coefficient (Wildman–Crippen LogP) is 4.33. The van der Waals surface area contributed by atoms with E-state index in [1.165, 1.54) is 0 Å². The molecule has 0 amide bonds. The van der Waals surface area contributed by atoms with Crippen molar-refractivity contribution in [1.82, 2.24) is 4.57 Å². The zero-order chi connectivity index (χ0) is 14.8. The molecule has 0 fully saturated rings. The van der Waals surface area contributed by atoms with Gasteiger partial charge in [-0.15, -0.1) is 0 Å². The second-order valence-corrected chi connectivity index (χ2v) is 5.61. The van der Waals surface area contributed by atoms with E-state index in [0.717, 1.165) is 33.2 Å². The Bertz CT molecular complexity index is 846. The van der Waals surface area contributed by atoms with E-state index in [0.29, 0.717) is 5.56 Å². The number of hydrogen-bond acceptors (Lipinski definition) is 2. The van der Waals surface area contributed by atoms with Crippen LogP contribution in [-0.2, 0) is 6.54 Å². The summed E-state index contributed by atoms with van der Waals surface area (Å²) in [4.78, 5) is 0. The molecule has 0 saturated heterocycles. The number of benzene rings is 2. The number of nitriles is 1. The summed E-state index contributed by atoms with van der Waals surface area (Å²) in [5, 5.41) is 10.1. The zero-order valence-corrected chi connectivity index (χ0v) is 13.1. The Morgan fingerprint density at radius 2 is 2.10 bits per heavy atom. The maximum atomic E-state index is 9.16. The van der Waals surface area contributed by atoms with Crippen molar-refractivity contribution in [3.05, 3.63) is 64.3 Å². The molecule has 2 aromatic carbocycles. The van der Waals surface area contributed by atoms with E-state index in [2.05, 4.69) is 26.6 Å². The van der Waals surface area contributed by atoms with Crippen LogP contribution in [0.4, 0.5) is 0 Å². The van der Waals surface area contributed by atoms with Gasteiger partial charge in [0.2, 0.25) is 0 Å². The number of fused-ring (bicyclic) bond motifs is 1. The molecule has 0 saturated carbocycles. The molecule has 0 aliphatic heterocycles. The van der Waals surface area contributed by atoms with Gasteiger partial charge in [-0.25, -0.2) is 0 Å². The SMILES string of the molecule is COc1ccc(Br)c(Cn2ccc3c(C#N)cccc32)c1. The summed E-state index contributed by atoms with van der Waals surface area (Å²) in [6.45, 7) is 0.718. The molecule has 3 rings (SSSR count). The predicted molar refractivity (Wildman–Crippen MR) is 86.4 cm³/mol. The van der Waals surface area contributed by atoms with Crippen molar-refractivity contribution < 1.29 is 4.74 Å². The Balaban J connectivity index is 2.05. The highest BCUT2D eigenvalue weighted by atomic mass is 79.9. The standard InChI is InChI=1S/C17H13BrN2O/c1-21-14-5-6-16(18)13(9-14)11-20-8-7-15-12(10-19)3-2-4-17(15)20/h2-9H,11H2,1H3. The van der Waals surface area contributed by atoms with Gasteiger partial charge in [-0.3, -0.25) is 0 Å². The smallest absolute Gasteiger partial charge is 0.119 e. The molecule has 0 aliphatic rings. The number of rotatable bonds is 3. The van der Waals surface area contributed by atoms with E-state index < -0.39 is 0 Å². The lowest BCUT2D eigenvalue weighted by Gasteiger charge is -2.10. The van der Waals surface area contributed by atoms with Gasteiger partial charge >= 0.3 is 0 Å². The van der Waals surface area contributed by atoms with E-state index in [4.69, 9.17) is 10.00 Å². The molecular weight excluding hydrogens is 328 g/mol. The van der Waals surface area contributed by atoms with Gasteiger partial charge in [0, 0.05) is 28.1 Å². The fourth-order valence-electron chi connectivity index (χ4n) is 2.44. The van der Waals surface area contributed by atoms with Gasteiger partial charge in [0.15, 0.2) is 0 Å². The van der Waals surface area contributed by atoms with Crippen LogP contribution in [0.3, 0.4) is 0 Å². The molecule has 0 N–H and O–H groups in total.